The normalized spacial score (nSPS) is 29.0. The number of carbonyl (C=O) groups excluding carboxylic acids is 3. The van der Waals surface area contributed by atoms with Crippen LogP contribution in [0.4, 0.5) is 5.69 Å². The average molecular weight is 625 g/mol. The molecule has 0 radical (unpaired) electrons. The summed E-state index contributed by atoms with van der Waals surface area (Å²) in [6, 6.07) is 6.35. The van der Waals surface area contributed by atoms with Crippen LogP contribution in [0, 0.1) is 11.8 Å². The number of benzene rings is 1. The van der Waals surface area contributed by atoms with Gasteiger partial charge in [0.2, 0.25) is 17.7 Å². The zero-order valence-corrected chi connectivity index (χ0v) is 26.7. The van der Waals surface area contributed by atoms with Gasteiger partial charge in [0.15, 0.2) is 0 Å². The van der Waals surface area contributed by atoms with E-state index in [-0.39, 0.29) is 37.4 Å². The smallest absolute Gasteiger partial charge is 0.248 e. The van der Waals surface area contributed by atoms with Crippen LogP contribution >= 0.6 is 0 Å². The van der Waals surface area contributed by atoms with Crippen molar-refractivity contribution in [3.63, 3.8) is 0 Å². The average Bonchev–Trinajstić information content (AvgIpc) is 3.66. The van der Waals surface area contributed by atoms with Gasteiger partial charge in [-0.1, -0.05) is 19.1 Å². The summed E-state index contributed by atoms with van der Waals surface area (Å²) in [7, 11) is 0. The Morgan fingerprint density at radius 2 is 1.78 bits per heavy atom. The van der Waals surface area contributed by atoms with Gasteiger partial charge < -0.3 is 34.0 Å². The van der Waals surface area contributed by atoms with Crippen molar-refractivity contribution in [3.05, 3.63) is 49.6 Å². The maximum Gasteiger partial charge on any atom is 0.248 e. The van der Waals surface area contributed by atoms with E-state index < -0.39 is 29.1 Å². The Kier molecular flexibility index (Phi) is 10.3. The Hall–Kier alpha value is -3.25. The van der Waals surface area contributed by atoms with Crippen molar-refractivity contribution in [2.75, 3.05) is 77.1 Å². The summed E-state index contributed by atoms with van der Waals surface area (Å²) in [5.41, 5.74) is -1.39. The third kappa shape index (κ3) is 5.91. The number of morpholine rings is 1. The molecule has 2 unspecified atom stereocenters. The van der Waals surface area contributed by atoms with E-state index in [1.807, 2.05) is 38.1 Å². The first kappa shape index (κ1) is 33.1. The molecule has 1 spiro atoms. The highest BCUT2D eigenvalue weighted by atomic mass is 16.5. The molecular weight excluding hydrogens is 576 g/mol. The van der Waals surface area contributed by atoms with Crippen LogP contribution in [0.15, 0.2) is 49.6 Å². The fourth-order valence-electron chi connectivity index (χ4n) is 7.94. The molecule has 0 aliphatic carbocycles. The largest absolute Gasteiger partial charge is 0.494 e. The van der Waals surface area contributed by atoms with Crippen molar-refractivity contribution in [2.45, 2.75) is 50.4 Å². The molecule has 1 aromatic carbocycles. The van der Waals surface area contributed by atoms with E-state index in [1.165, 1.54) is 4.90 Å². The quantitative estimate of drug-likeness (QED) is 0.296. The van der Waals surface area contributed by atoms with E-state index in [2.05, 4.69) is 18.1 Å². The van der Waals surface area contributed by atoms with Gasteiger partial charge in [0.25, 0.3) is 0 Å². The number of hydrogen-bond donors (Lipinski definition) is 1. The van der Waals surface area contributed by atoms with Gasteiger partial charge >= 0.3 is 0 Å². The van der Waals surface area contributed by atoms with Gasteiger partial charge in [-0.3, -0.25) is 19.3 Å². The lowest BCUT2D eigenvalue weighted by Crippen LogP contribution is -2.57. The summed E-state index contributed by atoms with van der Waals surface area (Å²) in [6.07, 6.45) is 4.92. The Labute approximate surface area is 266 Å². The van der Waals surface area contributed by atoms with E-state index in [4.69, 9.17) is 14.2 Å². The molecule has 4 heterocycles. The molecule has 4 saturated heterocycles. The van der Waals surface area contributed by atoms with E-state index >= 15 is 0 Å². The molecule has 3 amide bonds. The Balaban J connectivity index is 1.49. The van der Waals surface area contributed by atoms with Gasteiger partial charge in [-0.25, -0.2) is 0 Å². The zero-order valence-electron chi connectivity index (χ0n) is 26.7. The minimum atomic E-state index is -1.17. The molecular formula is C34H48N4O7. The van der Waals surface area contributed by atoms with Crippen LogP contribution in [-0.2, 0) is 23.9 Å². The van der Waals surface area contributed by atoms with Gasteiger partial charge in [-0.15, -0.1) is 13.2 Å². The molecule has 5 rings (SSSR count). The Morgan fingerprint density at radius 1 is 1.07 bits per heavy atom. The fraction of sp³-hybridized carbons (Fsp3) is 0.618. The van der Waals surface area contributed by atoms with Crippen molar-refractivity contribution in [3.8, 4) is 5.75 Å². The fourth-order valence-corrected chi connectivity index (χ4v) is 7.94. The van der Waals surface area contributed by atoms with Gasteiger partial charge in [-0.2, -0.15) is 0 Å². The summed E-state index contributed by atoms with van der Waals surface area (Å²) in [5.74, 6) is -1.72. The molecule has 0 aromatic heterocycles. The van der Waals surface area contributed by atoms with E-state index in [0.717, 1.165) is 13.1 Å². The summed E-state index contributed by atoms with van der Waals surface area (Å²) in [4.78, 5) is 50.7. The highest BCUT2D eigenvalue weighted by Crippen LogP contribution is 2.64. The number of ether oxygens (including phenoxy) is 3. The van der Waals surface area contributed by atoms with Crippen LogP contribution in [-0.4, -0.2) is 127 Å². The standard InChI is InChI=1S/C34H48N4O7/c1-5-15-36(18-17-35-20-23-43-24-21-35)32(42)29-34-14-13-33(7-3,45-34)27(28(34)31(41)38(29)19-22-39)30(40)37(16-6-2)25-9-11-26(12-10-25)44-8-4/h5-6,9-12,27-29,39H,1-2,7-8,13-24H2,3-4H3/t27-,28+,29?,33+,34?/m1/s1. The van der Waals surface area contributed by atoms with Crippen LogP contribution in [0.2, 0.25) is 0 Å². The van der Waals surface area contributed by atoms with Crippen molar-refractivity contribution >= 4 is 23.4 Å². The van der Waals surface area contributed by atoms with Gasteiger partial charge in [0.1, 0.15) is 17.4 Å². The number of hydrogen-bond acceptors (Lipinski definition) is 8. The van der Waals surface area contributed by atoms with Crippen LogP contribution < -0.4 is 9.64 Å². The number of carbonyl (C=O) groups is 3. The van der Waals surface area contributed by atoms with Crippen molar-refractivity contribution in [1.82, 2.24) is 14.7 Å². The molecule has 4 fully saturated rings. The SMILES string of the molecule is C=CCN(CCN1CCOCC1)C(=O)C1N(CCO)C(=O)[C@@H]2[C@H](C(=O)N(CC=C)c3ccc(OCC)cc3)[C@]3(CC)CCC12O3. The summed E-state index contributed by atoms with van der Waals surface area (Å²) in [6.45, 7) is 16.4. The summed E-state index contributed by atoms with van der Waals surface area (Å²) >= 11 is 0. The zero-order chi connectivity index (χ0) is 32.2. The van der Waals surface area contributed by atoms with Crippen LogP contribution in [0.3, 0.4) is 0 Å². The highest BCUT2D eigenvalue weighted by Gasteiger charge is 2.79. The monoisotopic (exact) mass is 624 g/mol. The number of rotatable bonds is 15. The predicted octanol–water partition coefficient (Wildman–Crippen LogP) is 2.10. The molecule has 5 atom stereocenters. The molecule has 246 valence electrons. The third-order valence-corrected chi connectivity index (χ3v) is 10.0. The van der Waals surface area contributed by atoms with Crippen molar-refractivity contribution < 1.29 is 33.7 Å². The highest BCUT2D eigenvalue weighted by molar-refractivity contribution is 6.03. The first-order chi connectivity index (χ1) is 21.8. The van der Waals surface area contributed by atoms with Gasteiger partial charge in [0.05, 0.1) is 43.9 Å². The molecule has 2 bridgehead atoms. The first-order valence-electron chi connectivity index (χ1n) is 16.3. The topological polar surface area (TPSA) is 112 Å². The molecule has 11 heteroatoms. The predicted molar refractivity (Wildman–Crippen MR) is 170 cm³/mol. The van der Waals surface area contributed by atoms with Crippen LogP contribution in [0.1, 0.15) is 33.1 Å². The minimum Gasteiger partial charge on any atom is -0.494 e. The molecule has 11 nitrogen and oxygen atoms in total. The third-order valence-electron chi connectivity index (χ3n) is 10.0. The van der Waals surface area contributed by atoms with Gasteiger partial charge in [0, 0.05) is 51.5 Å². The number of β-amino-alcohol motifs (C(OH)–C–C–N with tert-alkyl or cyclic N) is 1. The lowest BCUT2D eigenvalue weighted by atomic mass is 9.64. The van der Waals surface area contributed by atoms with Crippen molar-refractivity contribution in [2.24, 2.45) is 11.8 Å². The van der Waals surface area contributed by atoms with E-state index in [0.29, 0.717) is 70.2 Å². The number of likely N-dealkylation sites (tertiary alicyclic amines) is 1. The van der Waals surface area contributed by atoms with Crippen LogP contribution in [0.5, 0.6) is 5.75 Å². The molecule has 45 heavy (non-hydrogen) atoms. The first-order valence-corrected chi connectivity index (χ1v) is 16.3. The summed E-state index contributed by atoms with van der Waals surface area (Å²) in [5, 5.41) is 10.0. The maximum atomic E-state index is 14.7. The van der Waals surface area contributed by atoms with Crippen molar-refractivity contribution in [1.29, 1.82) is 0 Å². The summed E-state index contributed by atoms with van der Waals surface area (Å²) < 4.78 is 18.0. The Morgan fingerprint density at radius 3 is 2.40 bits per heavy atom. The second kappa shape index (κ2) is 14.0. The molecule has 4 aliphatic heterocycles. The number of fused-ring (bicyclic) bond motifs is 1. The van der Waals surface area contributed by atoms with Crippen LogP contribution in [0.25, 0.3) is 0 Å². The molecule has 0 saturated carbocycles. The van der Waals surface area contributed by atoms with E-state index in [9.17, 15) is 19.5 Å². The lowest BCUT2D eigenvalue weighted by molar-refractivity contribution is -0.153. The molecule has 1 N–H and O–H groups in total. The minimum absolute atomic E-state index is 0.0163. The number of nitrogens with zero attached hydrogens (tertiary/aromatic N) is 4. The van der Waals surface area contributed by atoms with Gasteiger partial charge in [-0.05, 0) is 50.5 Å². The number of anilines is 1. The number of aliphatic hydroxyl groups excluding tert-OH is 1. The Bertz CT molecular complexity index is 1250. The number of amides is 3. The maximum absolute atomic E-state index is 14.7. The molecule has 1 aromatic rings. The van der Waals surface area contributed by atoms with E-state index in [1.54, 1.807) is 22.0 Å². The second-order valence-electron chi connectivity index (χ2n) is 12.3. The lowest BCUT2D eigenvalue weighted by Gasteiger charge is -2.37. The molecule has 4 aliphatic rings. The number of aliphatic hydroxyl groups is 1. The second-order valence-corrected chi connectivity index (χ2v) is 12.3.